The summed E-state index contributed by atoms with van der Waals surface area (Å²) in [4.78, 5) is 15.9. The number of aromatic nitrogens is 2. The molecule has 0 spiro atoms. The van der Waals surface area contributed by atoms with Crippen molar-refractivity contribution in [1.82, 2.24) is 9.55 Å². The van der Waals surface area contributed by atoms with Crippen molar-refractivity contribution in [1.29, 1.82) is 0 Å². The Morgan fingerprint density at radius 3 is 2.47 bits per heavy atom. The minimum atomic E-state index is -0.940. The number of fused-ring (bicyclic) bond motifs is 1. The maximum Gasteiger partial charge on any atom is 0.251 e. The first kappa shape index (κ1) is 20.4. The topological polar surface area (TPSA) is 72.9 Å². The second-order valence-electron chi connectivity index (χ2n) is 6.28. The molecule has 4 aromatic rings. The number of carbonyl (C=O) groups excluding carboxylic acids is 1. The number of hydrogen-bond donors (Lipinski definition) is 2. The molecule has 0 aliphatic carbocycles. The first-order valence-electron chi connectivity index (χ1n) is 8.44. The molecule has 0 saturated heterocycles. The van der Waals surface area contributed by atoms with Crippen LogP contribution in [-0.2, 0) is 0 Å². The van der Waals surface area contributed by atoms with Crippen molar-refractivity contribution in [3.05, 3.63) is 80.8 Å². The van der Waals surface area contributed by atoms with Gasteiger partial charge in [0.05, 0.1) is 38.0 Å². The third kappa shape index (κ3) is 3.56. The average molecular weight is 468 g/mol. The number of carbonyl (C=O) groups is 1. The molecule has 1 heterocycles. The summed E-state index contributed by atoms with van der Waals surface area (Å²) in [6.45, 7) is 0. The van der Waals surface area contributed by atoms with E-state index >= 15 is 0 Å². The minimum absolute atomic E-state index is 0.0607. The first-order valence-corrected chi connectivity index (χ1v) is 9.58. The smallest absolute Gasteiger partial charge is 0.251 e. The Kier molecular flexibility index (Phi) is 5.27. The van der Waals surface area contributed by atoms with Crippen LogP contribution in [0.1, 0.15) is 10.4 Å². The molecule has 3 aromatic carbocycles. The van der Waals surface area contributed by atoms with E-state index in [4.69, 9.17) is 40.5 Å². The second-order valence-corrected chi connectivity index (χ2v) is 7.53. The Morgan fingerprint density at radius 1 is 1.03 bits per heavy atom. The van der Waals surface area contributed by atoms with Crippen molar-refractivity contribution < 1.29 is 13.6 Å². The monoisotopic (exact) mass is 466 g/mol. The SMILES string of the molecule is NC(=O)c1cc2nc(Nc3c(Cl)ccc(Cl)c3F)n(-c3cccc(Cl)c3)c2cc1F. The number of benzene rings is 3. The van der Waals surface area contributed by atoms with Gasteiger partial charge in [0.25, 0.3) is 5.91 Å². The normalized spacial score (nSPS) is 11.1. The zero-order chi connectivity index (χ0) is 21.6. The molecular formula is C20H11Cl3F2N4O. The third-order valence-electron chi connectivity index (χ3n) is 4.36. The van der Waals surface area contributed by atoms with E-state index in [-0.39, 0.29) is 32.8 Å². The largest absolute Gasteiger partial charge is 0.366 e. The van der Waals surface area contributed by atoms with Crippen LogP contribution in [0.25, 0.3) is 16.7 Å². The van der Waals surface area contributed by atoms with Crippen LogP contribution in [0.2, 0.25) is 15.1 Å². The van der Waals surface area contributed by atoms with Gasteiger partial charge in [-0.3, -0.25) is 9.36 Å². The van der Waals surface area contributed by atoms with Crippen LogP contribution in [0.15, 0.2) is 48.5 Å². The van der Waals surface area contributed by atoms with Crippen LogP contribution < -0.4 is 11.1 Å². The van der Waals surface area contributed by atoms with E-state index in [9.17, 15) is 13.6 Å². The van der Waals surface area contributed by atoms with E-state index in [1.165, 1.54) is 22.8 Å². The van der Waals surface area contributed by atoms with E-state index in [0.717, 1.165) is 6.07 Å². The number of nitrogens with two attached hydrogens (primary N) is 1. The van der Waals surface area contributed by atoms with Gasteiger partial charge in [-0.25, -0.2) is 13.8 Å². The summed E-state index contributed by atoms with van der Waals surface area (Å²) in [5.41, 5.74) is 5.84. The number of anilines is 2. The van der Waals surface area contributed by atoms with E-state index in [1.807, 2.05) is 0 Å². The van der Waals surface area contributed by atoms with Crippen molar-refractivity contribution in [2.45, 2.75) is 0 Å². The Morgan fingerprint density at radius 2 is 1.77 bits per heavy atom. The van der Waals surface area contributed by atoms with Crippen LogP contribution >= 0.6 is 34.8 Å². The number of nitrogens with zero attached hydrogens (tertiary/aromatic N) is 2. The Hall–Kier alpha value is -2.87. The maximum absolute atomic E-state index is 14.6. The molecule has 0 saturated carbocycles. The van der Waals surface area contributed by atoms with Crippen molar-refractivity contribution >= 4 is 63.4 Å². The standard InChI is InChI=1S/C20H11Cl3F2N4O/c21-9-2-1-3-10(6-9)29-16-8-14(24)11(19(26)30)7-15(16)27-20(29)28-18-13(23)5-4-12(22)17(18)25/h1-8H,(H2,26,30)(H,27,28). The Labute approximate surface area is 184 Å². The lowest BCUT2D eigenvalue weighted by atomic mass is 10.1. The predicted molar refractivity (Wildman–Crippen MR) is 114 cm³/mol. The van der Waals surface area contributed by atoms with Crippen molar-refractivity contribution in [3.8, 4) is 5.69 Å². The number of halogens is 5. The van der Waals surface area contributed by atoms with Gasteiger partial charge in [0.15, 0.2) is 5.82 Å². The number of rotatable bonds is 4. The van der Waals surface area contributed by atoms with Gasteiger partial charge >= 0.3 is 0 Å². The quantitative estimate of drug-likeness (QED) is 0.356. The van der Waals surface area contributed by atoms with E-state index in [2.05, 4.69) is 10.3 Å². The summed E-state index contributed by atoms with van der Waals surface area (Å²) < 4.78 is 30.6. The highest BCUT2D eigenvalue weighted by molar-refractivity contribution is 6.35. The van der Waals surface area contributed by atoms with Crippen molar-refractivity contribution in [2.24, 2.45) is 5.73 Å². The molecule has 1 amide bonds. The van der Waals surface area contributed by atoms with Gasteiger partial charge < -0.3 is 11.1 Å². The molecule has 0 aliphatic heterocycles. The summed E-state index contributed by atoms with van der Waals surface area (Å²) in [5.74, 6) is -2.45. The van der Waals surface area contributed by atoms with E-state index in [1.54, 1.807) is 24.3 Å². The zero-order valence-electron chi connectivity index (χ0n) is 14.9. The fraction of sp³-hybridized carbons (Fsp3) is 0. The fourth-order valence-electron chi connectivity index (χ4n) is 3.00. The number of amides is 1. The maximum atomic E-state index is 14.6. The van der Waals surface area contributed by atoms with Gasteiger partial charge in [-0.15, -0.1) is 0 Å². The highest BCUT2D eigenvalue weighted by Gasteiger charge is 2.20. The summed E-state index contributed by atoms with van der Waals surface area (Å²) in [6, 6.07) is 11.7. The second kappa shape index (κ2) is 7.75. The van der Waals surface area contributed by atoms with E-state index < -0.39 is 17.5 Å². The average Bonchev–Trinajstić information content (AvgIpc) is 3.04. The number of primary amides is 1. The van der Waals surface area contributed by atoms with Gasteiger partial charge in [-0.1, -0.05) is 40.9 Å². The van der Waals surface area contributed by atoms with Crippen molar-refractivity contribution in [3.63, 3.8) is 0 Å². The highest BCUT2D eigenvalue weighted by Crippen LogP contribution is 2.35. The molecule has 0 atom stereocenters. The van der Waals surface area contributed by atoms with Crippen LogP contribution in [0.3, 0.4) is 0 Å². The molecule has 5 nitrogen and oxygen atoms in total. The molecule has 152 valence electrons. The Bertz CT molecular complexity index is 1320. The van der Waals surface area contributed by atoms with Crippen LogP contribution in [0, 0.1) is 11.6 Å². The lowest BCUT2D eigenvalue weighted by Crippen LogP contribution is -2.13. The van der Waals surface area contributed by atoms with Crippen LogP contribution in [0.4, 0.5) is 20.4 Å². The molecular weight excluding hydrogens is 457 g/mol. The molecule has 4 rings (SSSR count). The molecule has 0 radical (unpaired) electrons. The summed E-state index contributed by atoms with van der Waals surface area (Å²) >= 11 is 18.1. The van der Waals surface area contributed by atoms with Gasteiger partial charge in [0, 0.05) is 11.1 Å². The van der Waals surface area contributed by atoms with Crippen molar-refractivity contribution in [2.75, 3.05) is 5.32 Å². The molecule has 3 N–H and O–H groups in total. The fourth-order valence-corrected chi connectivity index (χ4v) is 3.54. The summed E-state index contributed by atoms with van der Waals surface area (Å²) in [6.07, 6.45) is 0. The Balaban J connectivity index is 2.00. The van der Waals surface area contributed by atoms with Gasteiger partial charge in [0.2, 0.25) is 5.95 Å². The van der Waals surface area contributed by atoms with Crippen LogP contribution in [-0.4, -0.2) is 15.5 Å². The lowest BCUT2D eigenvalue weighted by molar-refractivity contribution is 0.0996. The molecule has 0 fully saturated rings. The number of nitrogens with one attached hydrogen (secondary N) is 1. The molecule has 10 heteroatoms. The highest BCUT2D eigenvalue weighted by atomic mass is 35.5. The molecule has 0 aliphatic rings. The van der Waals surface area contributed by atoms with Crippen LogP contribution in [0.5, 0.6) is 0 Å². The first-order chi connectivity index (χ1) is 14.3. The van der Waals surface area contributed by atoms with E-state index in [0.29, 0.717) is 16.2 Å². The summed E-state index contributed by atoms with van der Waals surface area (Å²) in [5, 5.41) is 3.14. The predicted octanol–water partition coefficient (Wildman–Crippen LogP) is 6.11. The molecule has 1 aromatic heterocycles. The third-order valence-corrected chi connectivity index (χ3v) is 5.20. The van der Waals surface area contributed by atoms with Gasteiger partial charge in [0.1, 0.15) is 5.82 Å². The molecule has 0 bridgehead atoms. The number of imidazole rings is 1. The molecule has 0 unspecified atom stereocenters. The van der Waals surface area contributed by atoms with Gasteiger partial charge in [-0.2, -0.15) is 0 Å². The molecule has 30 heavy (non-hydrogen) atoms. The zero-order valence-corrected chi connectivity index (χ0v) is 17.2. The van der Waals surface area contributed by atoms with Gasteiger partial charge in [-0.05, 0) is 36.4 Å². The summed E-state index contributed by atoms with van der Waals surface area (Å²) in [7, 11) is 0. The number of hydrogen-bond acceptors (Lipinski definition) is 3. The lowest BCUT2D eigenvalue weighted by Gasteiger charge is -2.13. The minimum Gasteiger partial charge on any atom is -0.366 e.